The number of anilines is 1. The molecule has 0 aliphatic carbocycles. The third-order valence-corrected chi connectivity index (χ3v) is 3.35. The van der Waals surface area contributed by atoms with Crippen molar-refractivity contribution in [2.75, 3.05) is 5.32 Å². The van der Waals surface area contributed by atoms with Crippen LogP contribution in [-0.2, 0) is 16.1 Å². The minimum Gasteiger partial charge on any atom is -0.353 e. The third kappa shape index (κ3) is 4.90. The van der Waals surface area contributed by atoms with Crippen molar-refractivity contribution in [3.63, 3.8) is 0 Å². The molecule has 0 spiro atoms. The number of nitrogens with one attached hydrogen (secondary N) is 2. The number of carbonyl (C=O) groups excluding carboxylic acids is 2. The van der Waals surface area contributed by atoms with Crippen LogP contribution < -0.4 is 10.6 Å². The molecule has 10 heteroatoms. The Balaban J connectivity index is 1.92. The Bertz CT molecular complexity index is 573. The zero-order valence-corrected chi connectivity index (χ0v) is 12.2. The largest absolute Gasteiger partial charge is 0.408 e. The number of halogens is 4. The van der Waals surface area contributed by atoms with Gasteiger partial charge in [0.25, 0.3) is 0 Å². The standard InChI is InChI=1S/C12H14ClF3N4O2/c13-8-5-20(6-12(14,15)16)19-11(8)18-10(22)4-7-2-1-3-9(21)17-7/h5,7H,1-4,6H2,(H,17,21)(H,18,19,22). The van der Waals surface area contributed by atoms with Crippen molar-refractivity contribution in [2.45, 2.75) is 44.4 Å². The molecule has 1 fully saturated rings. The van der Waals surface area contributed by atoms with Crippen LogP contribution in [0.25, 0.3) is 0 Å². The predicted octanol–water partition coefficient (Wildman–Crippen LogP) is 2.10. The average molecular weight is 339 g/mol. The molecule has 2 N–H and O–H groups in total. The van der Waals surface area contributed by atoms with Gasteiger partial charge in [-0.3, -0.25) is 14.3 Å². The van der Waals surface area contributed by atoms with Crippen molar-refractivity contribution >= 4 is 29.2 Å². The minimum absolute atomic E-state index is 0.0220. The number of piperidine rings is 1. The average Bonchev–Trinajstić information content (AvgIpc) is 2.66. The molecule has 1 unspecified atom stereocenters. The summed E-state index contributed by atoms with van der Waals surface area (Å²) in [6.45, 7) is -1.29. The lowest BCUT2D eigenvalue weighted by atomic mass is 10.0. The Kier molecular flexibility index (Phi) is 4.94. The van der Waals surface area contributed by atoms with Crippen molar-refractivity contribution in [3.8, 4) is 0 Å². The highest BCUT2D eigenvalue weighted by molar-refractivity contribution is 6.33. The van der Waals surface area contributed by atoms with Crippen molar-refractivity contribution in [1.82, 2.24) is 15.1 Å². The van der Waals surface area contributed by atoms with Crippen LogP contribution >= 0.6 is 11.6 Å². The molecule has 0 saturated carbocycles. The smallest absolute Gasteiger partial charge is 0.353 e. The van der Waals surface area contributed by atoms with Crippen LogP contribution in [0, 0.1) is 0 Å². The first-order valence-electron chi connectivity index (χ1n) is 6.62. The van der Waals surface area contributed by atoms with Gasteiger partial charge in [-0.15, -0.1) is 0 Å². The molecule has 122 valence electrons. The second-order valence-electron chi connectivity index (χ2n) is 5.05. The van der Waals surface area contributed by atoms with E-state index in [1.165, 1.54) is 0 Å². The van der Waals surface area contributed by atoms with Gasteiger partial charge in [0.1, 0.15) is 11.6 Å². The Morgan fingerprint density at radius 2 is 2.27 bits per heavy atom. The van der Waals surface area contributed by atoms with Gasteiger partial charge in [-0.1, -0.05) is 11.6 Å². The van der Waals surface area contributed by atoms with E-state index in [9.17, 15) is 22.8 Å². The number of rotatable bonds is 4. The molecular weight excluding hydrogens is 325 g/mol. The van der Waals surface area contributed by atoms with Crippen molar-refractivity contribution < 1.29 is 22.8 Å². The van der Waals surface area contributed by atoms with E-state index in [1.54, 1.807) is 0 Å². The molecule has 1 aromatic rings. The van der Waals surface area contributed by atoms with Crippen LogP contribution in [0.3, 0.4) is 0 Å². The lowest BCUT2D eigenvalue weighted by molar-refractivity contribution is -0.142. The van der Waals surface area contributed by atoms with Gasteiger partial charge in [-0.25, -0.2) is 0 Å². The molecule has 2 heterocycles. The topological polar surface area (TPSA) is 76.0 Å². The van der Waals surface area contributed by atoms with Crippen molar-refractivity contribution in [1.29, 1.82) is 0 Å². The van der Waals surface area contributed by atoms with Crippen LogP contribution in [0.4, 0.5) is 19.0 Å². The maximum absolute atomic E-state index is 12.3. The van der Waals surface area contributed by atoms with Crippen LogP contribution in [0.15, 0.2) is 6.20 Å². The molecule has 1 atom stereocenters. The molecule has 22 heavy (non-hydrogen) atoms. The highest BCUT2D eigenvalue weighted by Crippen LogP contribution is 2.23. The molecule has 1 aliphatic rings. The lowest BCUT2D eigenvalue weighted by Gasteiger charge is -2.22. The normalized spacial score (nSPS) is 18.9. The summed E-state index contributed by atoms with van der Waals surface area (Å²) in [6.07, 6.45) is -1.60. The van der Waals surface area contributed by atoms with Crippen molar-refractivity contribution in [3.05, 3.63) is 11.2 Å². The molecule has 0 bridgehead atoms. The quantitative estimate of drug-likeness (QED) is 0.882. The van der Waals surface area contributed by atoms with E-state index in [1.807, 2.05) is 0 Å². The van der Waals surface area contributed by atoms with Crippen LogP contribution in [0.1, 0.15) is 25.7 Å². The van der Waals surface area contributed by atoms with Gasteiger partial charge >= 0.3 is 6.18 Å². The number of hydrogen-bond donors (Lipinski definition) is 2. The Morgan fingerprint density at radius 3 is 2.91 bits per heavy atom. The number of alkyl halides is 3. The summed E-state index contributed by atoms with van der Waals surface area (Å²) in [5, 5.41) is 8.54. The van der Waals surface area contributed by atoms with E-state index in [2.05, 4.69) is 15.7 Å². The molecule has 6 nitrogen and oxygen atoms in total. The Labute approximate surface area is 129 Å². The summed E-state index contributed by atoms with van der Waals surface area (Å²) >= 11 is 5.75. The first-order chi connectivity index (χ1) is 10.2. The fraction of sp³-hybridized carbons (Fsp3) is 0.583. The monoisotopic (exact) mass is 338 g/mol. The van der Waals surface area contributed by atoms with Crippen LogP contribution in [0.2, 0.25) is 5.02 Å². The molecule has 1 aliphatic heterocycles. The Hall–Kier alpha value is -1.77. The molecule has 2 amide bonds. The van der Waals surface area contributed by atoms with Gasteiger partial charge in [-0.2, -0.15) is 18.3 Å². The van der Waals surface area contributed by atoms with Gasteiger partial charge < -0.3 is 10.6 Å². The maximum Gasteiger partial charge on any atom is 0.408 e. The zero-order chi connectivity index (χ0) is 16.3. The second-order valence-corrected chi connectivity index (χ2v) is 5.45. The number of hydrogen-bond acceptors (Lipinski definition) is 3. The number of amides is 2. The third-order valence-electron chi connectivity index (χ3n) is 3.07. The van der Waals surface area contributed by atoms with E-state index < -0.39 is 18.6 Å². The first-order valence-corrected chi connectivity index (χ1v) is 6.99. The summed E-state index contributed by atoms with van der Waals surface area (Å²) in [7, 11) is 0. The van der Waals surface area contributed by atoms with Crippen LogP contribution in [0.5, 0.6) is 0 Å². The van der Waals surface area contributed by atoms with Gasteiger partial charge in [0.05, 0.1) is 0 Å². The van der Waals surface area contributed by atoms with Crippen molar-refractivity contribution in [2.24, 2.45) is 0 Å². The highest BCUT2D eigenvalue weighted by Gasteiger charge is 2.29. The van der Waals surface area contributed by atoms with E-state index in [-0.39, 0.29) is 29.2 Å². The van der Waals surface area contributed by atoms with E-state index in [0.717, 1.165) is 6.20 Å². The Morgan fingerprint density at radius 1 is 1.55 bits per heavy atom. The molecule has 0 radical (unpaired) electrons. The van der Waals surface area contributed by atoms with Crippen LogP contribution in [-0.4, -0.2) is 33.8 Å². The summed E-state index contributed by atoms with van der Waals surface area (Å²) in [5.74, 6) is -0.707. The summed E-state index contributed by atoms with van der Waals surface area (Å²) in [5.41, 5.74) is 0. The van der Waals surface area contributed by atoms with Gasteiger partial charge in [-0.05, 0) is 12.8 Å². The summed E-state index contributed by atoms with van der Waals surface area (Å²) < 4.78 is 37.4. The van der Waals surface area contributed by atoms with E-state index >= 15 is 0 Å². The molecule has 1 aromatic heterocycles. The summed E-state index contributed by atoms with van der Waals surface area (Å²) in [4.78, 5) is 23.1. The lowest BCUT2D eigenvalue weighted by Crippen LogP contribution is -2.40. The number of carbonyl (C=O) groups is 2. The van der Waals surface area contributed by atoms with Gasteiger partial charge in [0.2, 0.25) is 11.8 Å². The molecule has 1 saturated heterocycles. The SMILES string of the molecule is O=C(CC1CCCC(=O)N1)Nc1nn(CC(F)(F)F)cc1Cl. The first kappa shape index (κ1) is 16.6. The minimum atomic E-state index is -4.43. The molecule has 0 aromatic carbocycles. The molecular formula is C12H14ClF3N4O2. The number of nitrogens with zero attached hydrogens (tertiary/aromatic N) is 2. The predicted molar refractivity (Wildman–Crippen MR) is 72.3 cm³/mol. The number of aromatic nitrogens is 2. The van der Waals surface area contributed by atoms with E-state index in [0.29, 0.717) is 23.9 Å². The van der Waals surface area contributed by atoms with Gasteiger partial charge in [0.15, 0.2) is 5.82 Å². The highest BCUT2D eigenvalue weighted by atomic mass is 35.5. The van der Waals surface area contributed by atoms with E-state index in [4.69, 9.17) is 11.6 Å². The molecule has 2 rings (SSSR count). The zero-order valence-electron chi connectivity index (χ0n) is 11.4. The second kappa shape index (κ2) is 6.55. The fourth-order valence-corrected chi connectivity index (χ4v) is 2.39. The maximum atomic E-state index is 12.3. The fourth-order valence-electron chi connectivity index (χ4n) is 2.19. The van der Waals surface area contributed by atoms with Gasteiger partial charge in [0, 0.05) is 25.1 Å². The summed E-state index contributed by atoms with van der Waals surface area (Å²) in [6, 6.07) is -0.280.